The van der Waals surface area contributed by atoms with Gasteiger partial charge in [0.05, 0.1) is 5.52 Å². The molecule has 1 amide bonds. The maximum absolute atomic E-state index is 10.9. The lowest BCUT2D eigenvalue weighted by Crippen LogP contribution is -2.20. The Balaban J connectivity index is 2.01. The first-order chi connectivity index (χ1) is 12.1. The van der Waals surface area contributed by atoms with Crippen LogP contribution in [0.25, 0.3) is 10.9 Å². The number of amides is 1. The molecule has 4 nitrogen and oxygen atoms in total. The molecule has 2 rings (SSSR count). The number of anilines is 1. The van der Waals surface area contributed by atoms with E-state index < -0.39 is 0 Å². The lowest BCUT2D eigenvalue weighted by atomic mass is 9.99. The number of carbonyl (C=O) groups is 1. The van der Waals surface area contributed by atoms with E-state index in [0.29, 0.717) is 5.82 Å². The van der Waals surface area contributed by atoms with Crippen molar-refractivity contribution in [3.63, 3.8) is 0 Å². The molecule has 2 aromatic rings. The van der Waals surface area contributed by atoms with Crippen LogP contribution >= 0.6 is 0 Å². The van der Waals surface area contributed by atoms with Crippen LogP contribution in [0.3, 0.4) is 0 Å². The molecule has 0 radical (unpaired) electrons. The van der Waals surface area contributed by atoms with Crippen molar-refractivity contribution >= 4 is 22.6 Å². The molecule has 4 heteroatoms. The van der Waals surface area contributed by atoms with Crippen LogP contribution in [0.5, 0.6) is 0 Å². The van der Waals surface area contributed by atoms with Crippen LogP contribution in [0, 0.1) is 0 Å². The summed E-state index contributed by atoms with van der Waals surface area (Å²) >= 11 is 0. The van der Waals surface area contributed by atoms with Gasteiger partial charge in [0.1, 0.15) is 5.82 Å². The summed E-state index contributed by atoms with van der Waals surface area (Å²) in [5.74, 6) is 0.726. The average molecular weight is 341 g/mol. The third-order valence-corrected chi connectivity index (χ3v) is 4.61. The van der Waals surface area contributed by atoms with Crippen molar-refractivity contribution in [2.45, 2.75) is 65.2 Å². The van der Waals surface area contributed by atoms with Crippen molar-refractivity contribution in [3.8, 4) is 0 Å². The Morgan fingerprint density at radius 2 is 1.84 bits per heavy atom. The van der Waals surface area contributed by atoms with Gasteiger partial charge >= 0.3 is 0 Å². The van der Waals surface area contributed by atoms with Crippen molar-refractivity contribution in [3.05, 3.63) is 35.4 Å². The number of nitrogens with two attached hydrogens (primary N) is 1. The van der Waals surface area contributed by atoms with Gasteiger partial charge in [-0.2, -0.15) is 0 Å². The molecule has 0 atom stereocenters. The molecular formula is C21H31N3O. The van der Waals surface area contributed by atoms with E-state index in [0.717, 1.165) is 44.2 Å². The van der Waals surface area contributed by atoms with E-state index in [-0.39, 0.29) is 5.91 Å². The molecule has 0 fully saturated rings. The molecule has 25 heavy (non-hydrogen) atoms. The second-order valence-electron chi connectivity index (χ2n) is 6.77. The molecular weight excluding hydrogens is 310 g/mol. The Hall–Kier alpha value is -2.10. The van der Waals surface area contributed by atoms with Crippen molar-refractivity contribution in [2.75, 3.05) is 12.3 Å². The first kappa shape index (κ1) is 19.2. The normalized spacial score (nSPS) is 11.0. The maximum Gasteiger partial charge on any atom is 0.216 e. The van der Waals surface area contributed by atoms with Gasteiger partial charge in [0.25, 0.3) is 0 Å². The number of pyridine rings is 1. The average Bonchev–Trinajstić information content (AvgIpc) is 2.58. The van der Waals surface area contributed by atoms with Gasteiger partial charge in [-0.3, -0.25) is 4.79 Å². The minimum Gasteiger partial charge on any atom is -0.383 e. The van der Waals surface area contributed by atoms with Crippen LogP contribution in [0.15, 0.2) is 24.3 Å². The van der Waals surface area contributed by atoms with Gasteiger partial charge in [0.2, 0.25) is 5.91 Å². The maximum atomic E-state index is 10.9. The Morgan fingerprint density at radius 3 is 2.60 bits per heavy atom. The van der Waals surface area contributed by atoms with Gasteiger partial charge in [-0.25, -0.2) is 4.98 Å². The first-order valence-corrected chi connectivity index (χ1v) is 9.53. The largest absolute Gasteiger partial charge is 0.383 e. The number of aryl methyl sites for hydroxylation is 2. The second-order valence-corrected chi connectivity index (χ2v) is 6.77. The molecule has 1 aromatic carbocycles. The standard InChI is InChI=1S/C21H31N3O/c1-3-4-6-11-18-15-19-17(10-7-5-8-14-23-16(2)25)12-9-13-20(19)24-21(18)22/h9,12-13,15H,3-8,10-11,14H2,1-2H3,(H2,22,24)(H,23,25). The quantitative estimate of drug-likeness (QED) is 0.629. The molecule has 0 unspecified atom stereocenters. The van der Waals surface area contributed by atoms with Crippen molar-refractivity contribution < 1.29 is 4.79 Å². The minimum absolute atomic E-state index is 0.0494. The third kappa shape index (κ3) is 6.04. The van der Waals surface area contributed by atoms with E-state index in [9.17, 15) is 4.79 Å². The van der Waals surface area contributed by atoms with E-state index in [2.05, 4.69) is 35.4 Å². The van der Waals surface area contributed by atoms with Gasteiger partial charge in [-0.05, 0) is 55.4 Å². The Labute approximate surface area is 151 Å². The summed E-state index contributed by atoms with van der Waals surface area (Å²) in [6, 6.07) is 8.56. The Kier molecular flexibility index (Phi) is 7.71. The van der Waals surface area contributed by atoms with E-state index >= 15 is 0 Å². The van der Waals surface area contributed by atoms with Crippen molar-refractivity contribution in [2.24, 2.45) is 0 Å². The summed E-state index contributed by atoms with van der Waals surface area (Å²) in [6.45, 7) is 4.55. The highest BCUT2D eigenvalue weighted by atomic mass is 16.1. The van der Waals surface area contributed by atoms with Crippen molar-refractivity contribution in [1.82, 2.24) is 10.3 Å². The number of nitrogen functional groups attached to an aromatic ring is 1. The fraction of sp³-hybridized carbons (Fsp3) is 0.524. The first-order valence-electron chi connectivity index (χ1n) is 9.53. The molecule has 0 saturated heterocycles. The van der Waals surface area contributed by atoms with E-state index in [1.165, 1.54) is 35.8 Å². The summed E-state index contributed by atoms with van der Waals surface area (Å²) < 4.78 is 0. The zero-order valence-electron chi connectivity index (χ0n) is 15.6. The Bertz CT molecular complexity index is 697. The number of hydrogen-bond donors (Lipinski definition) is 2. The number of hydrogen-bond acceptors (Lipinski definition) is 3. The highest BCUT2D eigenvalue weighted by Crippen LogP contribution is 2.24. The molecule has 0 aliphatic carbocycles. The van der Waals surface area contributed by atoms with Gasteiger partial charge in [-0.15, -0.1) is 0 Å². The van der Waals surface area contributed by atoms with Crippen LogP contribution in [0.1, 0.15) is 63.5 Å². The predicted molar refractivity (Wildman–Crippen MR) is 106 cm³/mol. The van der Waals surface area contributed by atoms with Gasteiger partial charge < -0.3 is 11.1 Å². The molecule has 0 aliphatic rings. The zero-order valence-corrected chi connectivity index (χ0v) is 15.6. The third-order valence-electron chi connectivity index (χ3n) is 4.61. The predicted octanol–water partition coefficient (Wildman–Crippen LogP) is 4.40. The second kappa shape index (κ2) is 10.0. The SMILES string of the molecule is CCCCCc1cc2c(CCCCCNC(C)=O)cccc2nc1N. The zero-order chi connectivity index (χ0) is 18.1. The lowest BCUT2D eigenvalue weighted by molar-refractivity contribution is -0.118. The molecule has 1 heterocycles. The lowest BCUT2D eigenvalue weighted by Gasteiger charge is -2.11. The smallest absolute Gasteiger partial charge is 0.216 e. The molecule has 1 aromatic heterocycles. The Morgan fingerprint density at radius 1 is 1.08 bits per heavy atom. The number of aromatic nitrogens is 1. The van der Waals surface area contributed by atoms with E-state index in [4.69, 9.17) is 5.73 Å². The number of benzene rings is 1. The molecule has 136 valence electrons. The molecule has 0 saturated carbocycles. The monoisotopic (exact) mass is 341 g/mol. The number of fused-ring (bicyclic) bond motifs is 1. The molecule has 0 aliphatic heterocycles. The highest BCUT2D eigenvalue weighted by Gasteiger charge is 2.07. The molecule has 3 N–H and O–H groups in total. The topological polar surface area (TPSA) is 68.0 Å². The molecule has 0 bridgehead atoms. The summed E-state index contributed by atoms with van der Waals surface area (Å²) in [7, 11) is 0. The van der Waals surface area contributed by atoms with Crippen LogP contribution in [-0.2, 0) is 17.6 Å². The van der Waals surface area contributed by atoms with Crippen molar-refractivity contribution in [1.29, 1.82) is 0 Å². The van der Waals surface area contributed by atoms with Crippen LogP contribution in [0.4, 0.5) is 5.82 Å². The van der Waals surface area contributed by atoms with Crippen LogP contribution < -0.4 is 11.1 Å². The number of nitrogens with one attached hydrogen (secondary N) is 1. The summed E-state index contributed by atoms with van der Waals surface area (Å²) in [5, 5.41) is 4.09. The van der Waals surface area contributed by atoms with Gasteiger partial charge in [0.15, 0.2) is 0 Å². The summed E-state index contributed by atoms with van der Waals surface area (Å²) in [4.78, 5) is 15.5. The fourth-order valence-electron chi connectivity index (χ4n) is 3.18. The number of unbranched alkanes of at least 4 members (excludes halogenated alkanes) is 4. The minimum atomic E-state index is 0.0494. The highest BCUT2D eigenvalue weighted by molar-refractivity contribution is 5.84. The number of rotatable bonds is 10. The van der Waals surface area contributed by atoms with Crippen LogP contribution in [-0.4, -0.2) is 17.4 Å². The number of carbonyl (C=O) groups excluding carboxylic acids is 1. The summed E-state index contributed by atoms with van der Waals surface area (Å²) in [5.41, 5.74) is 9.67. The molecule has 0 spiro atoms. The van der Waals surface area contributed by atoms with Gasteiger partial charge in [-0.1, -0.05) is 38.3 Å². The number of nitrogens with zero attached hydrogens (tertiary/aromatic N) is 1. The van der Waals surface area contributed by atoms with E-state index in [1.807, 2.05) is 6.07 Å². The van der Waals surface area contributed by atoms with E-state index in [1.54, 1.807) is 6.92 Å². The fourth-order valence-corrected chi connectivity index (χ4v) is 3.18. The van der Waals surface area contributed by atoms with Crippen LogP contribution in [0.2, 0.25) is 0 Å². The van der Waals surface area contributed by atoms with Gasteiger partial charge in [0, 0.05) is 18.9 Å². The summed E-state index contributed by atoms with van der Waals surface area (Å²) in [6.07, 6.45) is 8.91.